The molecule has 0 aromatic heterocycles. The third-order valence-electron chi connectivity index (χ3n) is 4.45. The van der Waals surface area contributed by atoms with Gasteiger partial charge >= 0.3 is 11.8 Å². The van der Waals surface area contributed by atoms with E-state index < -0.39 is 11.8 Å². The monoisotopic (exact) mass is 469 g/mol. The van der Waals surface area contributed by atoms with E-state index in [1.807, 2.05) is 55.5 Å². The Bertz CT molecular complexity index is 1120. The topological polar surface area (TPSA) is 79.8 Å². The van der Waals surface area contributed by atoms with Crippen LogP contribution in [0.25, 0.3) is 0 Å². The molecule has 0 saturated carbocycles. The third kappa shape index (κ3) is 6.83. The molecule has 3 aromatic carbocycles. The molecule has 0 aliphatic rings. The maximum atomic E-state index is 12.0. The normalized spacial score (nSPS) is 11.1. The molecule has 3 aromatic rings. The van der Waals surface area contributed by atoms with E-state index in [9.17, 15) is 9.59 Å². The second kappa shape index (κ2) is 10.8. The van der Waals surface area contributed by atoms with Gasteiger partial charge in [-0.15, -0.1) is 0 Å². The summed E-state index contributed by atoms with van der Waals surface area (Å²) in [5.41, 5.74) is 6.13. The van der Waals surface area contributed by atoms with Crippen LogP contribution in [0.15, 0.2) is 71.8 Å². The van der Waals surface area contributed by atoms with E-state index in [1.165, 1.54) is 23.8 Å². The summed E-state index contributed by atoms with van der Waals surface area (Å²) in [4.78, 5) is 24.1. The van der Waals surface area contributed by atoms with Crippen LogP contribution in [0, 0.1) is 6.92 Å². The zero-order valence-corrected chi connectivity index (χ0v) is 19.0. The van der Waals surface area contributed by atoms with Crippen LogP contribution in [0.3, 0.4) is 0 Å². The van der Waals surface area contributed by atoms with Crippen LogP contribution in [-0.4, -0.2) is 17.5 Å². The summed E-state index contributed by atoms with van der Waals surface area (Å²) >= 11 is 11.8. The highest BCUT2D eigenvalue weighted by Gasteiger charge is 2.14. The first-order valence-corrected chi connectivity index (χ1v) is 10.5. The summed E-state index contributed by atoms with van der Waals surface area (Å²) in [5, 5.41) is 7.09. The Morgan fingerprint density at radius 1 is 0.906 bits per heavy atom. The molecule has 3 rings (SSSR count). The predicted molar refractivity (Wildman–Crippen MR) is 127 cm³/mol. The zero-order chi connectivity index (χ0) is 23.1. The number of hydrogen-bond donors (Lipinski definition) is 2. The van der Waals surface area contributed by atoms with Gasteiger partial charge < -0.3 is 10.1 Å². The first-order chi connectivity index (χ1) is 15.3. The van der Waals surface area contributed by atoms with Crippen LogP contribution >= 0.6 is 23.2 Å². The predicted octanol–water partition coefficient (Wildman–Crippen LogP) is 5.36. The van der Waals surface area contributed by atoms with Crippen LogP contribution in [0.2, 0.25) is 10.0 Å². The molecule has 0 saturated heterocycles. The standard InChI is InChI=1S/C24H21Cl2N3O3/c1-15-3-5-17(6-4-15)14-32-22-9-7-18(8-10-22)16(2)28-29-24(31)23(30)27-21-12-19(25)11-20(26)13-21/h3-13H,14H2,1-2H3,(H,27,30)(H,29,31)/b28-16+. The molecule has 0 aliphatic carbocycles. The molecule has 6 nitrogen and oxygen atoms in total. The lowest BCUT2D eigenvalue weighted by atomic mass is 10.1. The van der Waals surface area contributed by atoms with E-state index in [2.05, 4.69) is 15.8 Å². The number of aryl methyl sites for hydroxylation is 1. The fourth-order valence-electron chi connectivity index (χ4n) is 2.71. The fourth-order valence-corrected chi connectivity index (χ4v) is 3.23. The maximum Gasteiger partial charge on any atom is 0.329 e. The first-order valence-electron chi connectivity index (χ1n) is 9.70. The highest BCUT2D eigenvalue weighted by atomic mass is 35.5. The molecule has 0 aliphatic heterocycles. The van der Waals surface area contributed by atoms with Crippen LogP contribution in [0.1, 0.15) is 23.6 Å². The van der Waals surface area contributed by atoms with Gasteiger partial charge in [0.2, 0.25) is 0 Å². The molecule has 32 heavy (non-hydrogen) atoms. The van der Waals surface area contributed by atoms with E-state index in [-0.39, 0.29) is 0 Å². The van der Waals surface area contributed by atoms with Crippen LogP contribution < -0.4 is 15.5 Å². The number of benzene rings is 3. The average Bonchev–Trinajstić information content (AvgIpc) is 2.76. The molecular formula is C24H21Cl2N3O3. The van der Waals surface area contributed by atoms with Gasteiger partial charge in [-0.25, -0.2) is 5.43 Å². The van der Waals surface area contributed by atoms with Crippen molar-refractivity contribution in [3.8, 4) is 5.75 Å². The van der Waals surface area contributed by atoms with Crippen LogP contribution in [0.4, 0.5) is 5.69 Å². The number of carbonyl (C=O) groups excluding carboxylic acids is 2. The molecule has 8 heteroatoms. The maximum absolute atomic E-state index is 12.0. The molecule has 0 spiro atoms. The lowest BCUT2D eigenvalue weighted by Gasteiger charge is -2.08. The van der Waals surface area contributed by atoms with Crippen molar-refractivity contribution in [3.63, 3.8) is 0 Å². The molecule has 0 radical (unpaired) electrons. The van der Waals surface area contributed by atoms with Gasteiger partial charge in [0.15, 0.2) is 0 Å². The first kappa shape index (κ1) is 23.3. The zero-order valence-electron chi connectivity index (χ0n) is 17.5. The highest BCUT2D eigenvalue weighted by Crippen LogP contribution is 2.22. The Balaban J connectivity index is 1.53. The molecule has 0 heterocycles. The third-order valence-corrected chi connectivity index (χ3v) is 4.89. The number of amides is 2. The lowest BCUT2D eigenvalue weighted by molar-refractivity contribution is -0.136. The molecule has 0 fully saturated rings. The Hall–Kier alpha value is -3.35. The van der Waals surface area contributed by atoms with Gasteiger partial charge in [0.25, 0.3) is 0 Å². The number of ether oxygens (including phenoxy) is 1. The minimum atomic E-state index is -0.918. The Kier molecular flexibility index (Phi) is 7.87. The van der Waals surface area contributed by atoms with Crippen LogP contribution in [0.5, 0.6) is 5.75 Å². The Morgan fingerprint density at radius 2 is 1.53 bits per heavy atom. The second-order valence-electron chi connectivity index (χ2n) is 7.05. The van der Waals surface area contributed by atoms with Crippen molar-refractivity contribution in [2.45, 2.75) is 20.5 Å². The summed E-state index contributed by atoms with van der Waals surface area (Å²) in [7, 11) is 0. The fraction of sp³-hybridized carbons (Fsp3) is 0.125. The summed E-state index contributed by atoms with van der Waals surface area (Å²) < 4.78 is 5.79. The van der Waals surface area contributed by atoms with Crippen LogP contribution in [-0.2, 0) is 16.2 Å². The van der Waals surface area contributed by atoms with Gasteiger partial charge in [-0.05, 0) is 67.4 Å². The van der Waals surface area contributed by atoms with Crippen molar-refractivity contribution < 1.29 is 14.3 Å². The van der Waals surface area contributed by atoms with Gasteiger partial charge in [0.05, 0.1) is 5.71 Å². The van der Waals surface area contributed by atoms with Crippen molar-refractivity contribution >= 4 is 46.4 Å². The number of nitrogens with zero attached hydrogens (tertiary/aromatic N) is 1. The van der Waals surface area contributed by atoms with Crippen molar-refractivity contribution in [2.24, 2.45) is 5.10 Å². The summed E-state index contributed by atoms with van der Waals surface area (Å²) in [6.45, 7) is 4.23. The quantitative estimate of drug-likeness (QED) is 0.289. The van der Waals surface area contributed by atoms with Gasteiger partial charge in [-0.3, -0.25) is 9.59 Å². The molecule has 2 amide bonds. The van der Waals surface area contributed by atoms with E-state index >= 15 is 0 Å². The molecule has 0 unspecified atom stereocenters. The number of nitrogens with one attached hydrogen (secondary N) is 2. The smallest absolute Gasteiger partial charge is 0.329 e. The van der Waals surface area contributed by atoms with Crippen molar-refractivity contribution in [2.75, 3.05) is 5.32 Å². The average molecular weight is 470 g/mol. The number of hydrazone groups is 1. The largest absolute Gasteiger partial charge is 0.489 e. The van der Waals surface area contributed by atoms with E-state index in [1.54, 1.807) is 6.92 Å². The Labute approximate surface area is 196 Å². The minimum absolute atomic E-state index is 0.310. The number of carbonyl (C=O) groups is 2. The van der Waals surface area contributed by atoms with E-state index in [0.717, 1.165) is 11.1 Å². The van der Waals surface area contributed by atoms with Crippen molar-refractivity contribution in [3.05, 3.63) is 93.5 Å². The highest BCUT2D eigenvalue weighted by molar-refractivity contribution is 6.40. The molecule has 164 valence electrons. The van der Waals surface area contributed by atoms with Gasteiger partial charge in [0, 0.05) is 15.7 Å². The number of rotatable bonds is 6. The number of anilines is 1. The summed E-state index contributed by atoms with van der Waals surface area (Å²) in [6.07, 6.45) is 0. The summed E-state index contributed by atoms with van der Waals surface area (Å²) in [5.74, 6) is -1.09. The molecule has 2 N–H and O–H groups in total. The molecule has 0 bridgehead atoms. The van der Waals surface area contributed by atoms with Gasteiger partial charge in [0.1, 0.15) is 12.4 Å². The van der Waals surface area contributed by atoms with Gasteiger partial charge in [-0.2, -0.15) is 5.10 Å². The molecule has 0 atom stereocenters. The molecular weight excluding hydrogens is 449 g/mol. The second-order valence-corrected chi connectivity index (χ2v) is 7.92. The Morgan fingerprint density at radius 3 is 2.16 bits per heavy atom. The van der Waals surface area contributed by atoms with E-state index in [4.69, 9.17) is 27.9 Å². The number of hydrogen-bond acceptors (Lipinski definition) is 4. The SMILES string of the molecule is C/C(=N\NC(=O)C(=O)Nc1cc(Cl)cc(Cl)c1)c1ccc(OCc2ccc(C)cc2)cc1. The lowest BCUT2D eigenvalue weighted by Crippen LogP contribution is -2.32. The number of halogens is 2. The van der Waals surface area contributed by atoms with E-state index in [0.29, 0.717) is 33.8 Å². The van der Waals surface area contributed by atoms with Crippen molar-refractivity contribution in [1.29, 1.82) is 0 Å². The van der Waals surface area contributed by atoms with Crippen molar-refractivity contribution in [1.82, 2.24) is 5.43 Å². The summed E-state index contributed by atoms with van der Waals surface area (Å²) in [6, 6.07) is 19.9. The van der Waals surface area contributed by atoms with Gasteiger partial charge in [-0.1, -0.05) is 53.0 Å². The minimum Gasteiger partial charge on any atom is -0.489 e.